The standard InChI is InChI=1S/C18H13NO6S/c20-16(10-26-11-5-6-14-15(9-11)24-8-7-23-14)25-19-17(21)12-3-1-2-4-13(12)18(19)22/h1-6,9H,7-8,10H2. The third-order valence-corrected chi connectivity index (χ3v) is 4.79. The lowest BCUT2D eigenvalue weighted by molar-refractivity contribution is -0.165. The Morgan fingerprint density at radius 1 is 1.00 bits per heavy atom. The molecule has 0 spiro atoms. The number of fused-ring (bicyclic) bond motifs is 2. The second-order valence-electron chi connectivity index (χ2n) is 5.51. The molecule has 0 bridgehead atoms. The van der Waals surface area contributed by atoms with Gasteiger partial charge in [0.1, 0.15) is 13.2 Å². The summed E-state index contributed by atoms with van der Waals surface area (Å²) in [5.41, 5.74) is 0.453. The van der Waals surface area contributed by atoms with Crippen molar-refractivity contribution in [1.82, 2.24) is 5.06 Å². The first kappa shape index (κ1) is 16.5. The predicted octanol–water partition coefficient (Wildman–Crippen LogP) is 2.30. The molecule has 0 unspecified atom stereocenters. The van der Waals surface area contributed by atoms with E-state index in [1.165, 1.54) is 23.9 Å². The van der Waals surface area contributed by atoms with Crippen molar-refractivity contribution in [3.05, 3.63) is 53.6 Å². The molecule has 0 N–H and O–H groups in total. The molecule has 0 aliphatic carbocycles. The molecule has 2 aliphatic rings. The first-order valence-corrected chi connectivity index (χ1v) is 8.83. The van der Waals surface area contributed by atoms with Gasteiger partial charge in [-0.15, -0.1) is 11.8 Å². The van der Waals surface area contributed by atoms with Gasteiger partial charge in [0.15, 0.2) is 11.5 Å². The van der Waals surface area contributed by atoms with Crippen LogP contribution in [0.1, 0.15) is 20.7 Å². The van der Waals surface area contributed by atoms with Crippen LogP contribution in [0.5, 0.6) is 11.5 Å². The van der Waals surface area contributed by atoms with Crippen LogP contribution in [0, 0.1) is 0 Å². The second-order valence-corrected chi connectivity index (χ2v) is 6.56. The molecule has 0 atom stereocenters. The summed E-state index contributed by atoms with van der Waals surface area (Å²) in [6.45, 7) is 0.981. The molecule has 4 rings (SSSR count). The molecule has 2 amide bonds. The van der Waals surface area contributed by atoms with Crippen LogP contribution in [-0.4, -0.2) is 41.8 Å². The highest BCUT2D eigenvalue weighted by Gasteiger charge is 2.38. The molecule has 2 aromatic rings. The summed E-state index contributed by atoms with van der Waals surface area (Å²) >= 11 is 1.21. The predicted molar refractivity (Wildman–Crippen MR) is 91.2 cm³/mol. The van der Waals surface area contributed by atoms with Crippen molar-refractivity contribution < 1.29 is 28.7 Å². The van der Waals surface area contributed by atoms with Gasteiger partial charge in [0.2, 0.25) is 0 Å². The van der Waals surface area contributed by atoms with E-state index in [0.29, 0.717) is 29.8 Å². The lowest BCUT2D eigenvalue weighted by Gasteiger charge is -2.18. The summed E-state index contributed by atoms with van der Waals surface area (Å²) < 4.78 is 10.9. The molecule has 0 fully saturated rings. The summed E-state index contributed by atoms with van der Waals surface area (Å²) in [7, 11) is 0. The number of hydrogen-bond acceptors (Lipinski definition) is 7. The van der Waals surface area contributed by atoms with E-state index in [1.54, 1.807) is 30.3 Å². The molecule has 7 nitrogen and oxygen atoms in total. The first-order chi connectivity index (χ1) is 12.6. The first-order valence-electron chi connectivity index (χ1n) is 7.84. The van der Waals surface area contributed by atoms with Crippen molar-refractivity contribution in [2.45, 2.75) is 4.90 Å². The quantitative estimate of drug-likeness (QED) is 0.602. The average Bonchev–Trinajstić information content (AvgIpc) is 2.91. The molecule has 2 heterocycles. The van der Waals surface area contributed by atoms with E-state index in [1.807, 2.05) is 0 Å². The number of ether oxygens (including phenoxy) is 2. The highest BCUT2D eigenvalue weighted by Crippen LogP contribution is 2.34. The van der Waals surface area contributed by atoms with E-state index >= 15 is 0 Å². The Balaban J connectivity index is 1.38. The van der Waals surface area contributed by atoms with Crippen molar-refractivity contribution >= 4 is 29.5 Å². The SMILES string of the molecule is O=C(CSc1ccc2c(c1)OCCO2)ON1C(=O)c2ccccc2C1=O. The zero-order chi connectivity index (χ0) is 18.1. The molecule has 0 saturated carbocycles. The minimum Gasteiger partial charge on any atom is -0.486 e. The molecule has 8 heteroatoms. The fourth-order valence-corrected chi connectivity index (χ4v) is 3.33. The number of hydrogen-bond donors (Lipinski definition) is 0. The molecular formula is C18H13NO6S. The van der Waals surface area contributed by atoms with Gasteiger partial charge in [-0.3, -0.25) is 9.59 Å². The largest absolute Gasteiger partial charge is 0.486 e. The third kappa shape index (κ3) is 2.99. The Bertz CT molecular complexity index is 877. The Hall–Kier alpha value is -3.00. The van der Waals surface area contributed by atoms with Crippen LogP contribution in [0.3, 0.4) is 0 Å². The number of thioether (sulfide) groups is 1. The molecule has 2 aliphatic heterocycles. The lowest BCUT2D eigenvalue weighted by Crippen LogP contribution is -2.33. The van der Waals surface area contributed by atoms with Gasteiger partial charge < -0.3 is 14.3 Å². The number of amides is 2. The van der Waals surface area contributed by atoms with Gasteiger partial charge in [0.25, 0.3) is 11.8 Å². The summed E-state index contributed by atoms with van der Waals surface area (Å²) in [6, 6.07) is 11.7. The fraction of sp³-hybridized carbons (Fsp3) is 0.167. The fourth-order valence-electron chi connectivity index (χ4n) is 2.63. The number of carbonyl (C=O) groups excluding carboxylic acids is 3. The van der Waals surface area contributed by atoms with Crippen LogP contribution >= 0.6 is 11.8 Å². The van der Waals surface area contributed by atoms with Gasteiger partial charge in [-0.1, -0.05) is 17.2 Å². The highest BCUT2D eigenvalue weighted by atomic mass is 32.2. The summed E-state index contributed by atoms with van der Waals surface area (Å²) in [6.07, 6.45) is 0. The molecule has 0 radical (unpaired) electrons. The van der Waals surface area contributed by atoms with E-state index in [0.717, 1.165) is 4.90 Å². The maximum atomic E-state index is 12.2. The zero-order valence-electron chi connectivity index (χ0n) is 13.5. The van der Waals surface area contributed by atoms with Gasteiger partial charge in [0, 0.05) is 4.90 Å². The number of hydroxylamine groups is 2. The summed E-state index contributed by atoms with van der Waals surface area (Å²) in [5.74, 6) is -0.748. The monoisotopic (exact) mass is 371 g/mol. The van der Waals surface area contributed by atoms with Crippen molar-refractivity contribution in [1.29, 1.82) is 0 Å². The van der Waals surface area contributed by atoms with Crippen LogP contribution in [0.15, 0.2) is 47.4 Å². The Kier molecular flexibility index (Phi) is 4.26. The van der Waals surface area contributed by atoms with Crippen LogP contribution in [0.4, 0.5) is 0 Å². The van der Waals surface area contributed by atoms with Crippen molar-refractivity contribution in [3.63, 3.8) is 0 Å². The molecule has 0 saturated heterocycles. The Labute approximate surface area is 152 Å². The minimum absolute atomic E-state index is 0.0625. The van der Waals surface area contributed by atoms with Crippen LogP contribution in [-0.2, 0) is 9.63 Å². The highest BCUT2D eigenvalue weighted by molar-refractivity contribution is 8.00. The number of nitrogens with zero attached hydrogens (tertiary/aromatic N) is 1. The third-order valence-electron chi connectivity index (χ3n) is 3.82. The van der Waals surface area contributed by atoms with Crippen molar-refractivity contribution in [2.75, 3.05) is 19.0 Å². The maximum Gasteiger partial charge on any atom is 0.343 e. The van der Waals surface area contributed by atoms with Gasteiger partial charge in [-0.25, -0.2) is 4.79 Å². The van der Waals surface area contributed by atoms with E-state index < -0.39 is 17.8 Å². The Morgan fingerprint density at radius 2 is 1.65 bits per heavy atom. The lowest BCUT2D eigenvalue weighted by atomic mass is 10.1. The minimum atomic E-state index is -0.695. The number of carbonyl (C=O) groups is 3. The van der Waals surface area contributed by atoms with Gasteiger partial charge in [-0.2, -0.15) is 0 Å². The van der Waals surface area contributed by atoms with Crippen LogP contribution in [0.25, 0.3) is 0 Å². The average molecular weight is 371 g/mol. The van der Waals surface area contributed by atoms with Gasteiger partial charge in [-0.05, 0) is 30.3 Å². The van der Waals surface area contributed by atoms with E-state index in [9.17, 15) is 14.4 Å². The smallest absolute Gasteiger partial charge is 0.343 e. The molecule has 26 heavy (non-hydrogen) atoms. The van der Waals surface area contributed by atoms with Gasteiger partial charge >= 0.3 is 5.97 Å². The van der Waals surface area contributed by atoms with Crippen molar-refractivity contribution in [3.8, 4) is 11.5 Å². The number of imide groups is 1. The van der Waals surface area contributed by atoms with E-state index in [-0.39, 0.29) is 16.9 Å². The van der Waals surface area contributed by atoms with Crippen LogP contribution < -0.4 is 9.47 Å². The Morgan fingerprint density at radius 3 is 2.35 bits per heavy atom. The second kappa shape index (κ2) is 6.72. The topological polar surface area (TPSA) is 82.1 Å². The number of benzene rings is 2. The molecule has 2 aromatic carbocycles. The molecular weight excluding hydrogens is 358 g/mol. The van der Waals surface area contributed by atoms with Crippen LogP contribution in [0.2, 0.25) is 0 Å². The summed E-state index contributed by atoms with van der Waals surface area (Å²) in [5, 5.41) is 0.511. The zero-order valence-corrected chi connectivity index (χ0v) is 14.3. The van der Waals surface area contributed by atoms with E-state index in [2.05, 4.69) is 0 Å². The molecule has 0 aromatic heterocycles. The maximum absolute atomic E-state index is 12.2. The number of rotatable bonds is 4. The van der Waals surface area contributed by atoms with Gasteiger partial charge in [0.05, 0.1) is 16.9 Å². The van der Waals surface area contributed by atoms with Crippen molar-refractivity contribution in [2.24, 2.45) is 0 Å². The normalized spacial score (nSPS) is 15.0. The summed E-state index contributed by atoms with van der Waals surface area (Å²) in [4.78, 5) is 42.2. The molecule has 132 valence electrons. The van der Waals surface area contributed by atoms with E-state index in [4.69, 9.17) is 14.3 Å².